The average Bonchev–Trinajstić information content (AvgIpc) is 2.53. The van der Waals surface area contributed by atoms with Crippen molar-refractivity contribution >= 4 is 17.9 Å². The predicted molar refractivity (Wildman–Crippen MR) is 89.7 cm³/mol. The molecule has 132 valence electrons. The summed E-state index contributed by atoms with van der Waals surface area (Å²) < 4.78 is 13.7. The first-order valence-electron chi connectivity index (χ1n) is 7.20. The molecule has 0 aliphatic heterocycles. The summed E-state index contributed by atoms with van der Waals surface area (Å²) in [5, 5.41) is 0. The van der Waals surface area contributed by atoms with Crippen LogP contribution in [0, 0.1) is 0 Å². The number of carbonyl (C=O) groups excluding carboxylic acids is 3. The molecular formula is C17H28O6. The van der Waals surface area contributed by atoms with Crippen LogP contribution in [0.25, 0.3) is 0 Å². The number of esters is 3. The van der Waals surface area contributed by atoms with Crippen LogP contribution in [0.1, 0.15) is 34.1 Å². The first-order chi connectivity index (χ1) is 10.8. The van der Waals surface area contributed by atoms with Crippen molar-refractivity contribution in [3.63, 3.8) is 0 Å². The van der Waals surface area contributed by atoms with Gasteiger partial charge in [-0.2, -0.15) is 0 Å². The van der Waals surface area contributed by atoms with Gasteiger partial charge in [0.25, 0.3) is 0 Å². The third-order valence-electron chi connectivity index (χ3n) is 1.59. The lowest BCUT2D eigenvalue weighted by Crippen LogP contribution is -2.07. The minimum absolute atomic E-state index is 0.0412. The van der Waals surface area contributed by atoms with E-state index in [1.165, 1.54) is 0 Å². The molecule has 0 aromatic carbocycles. The number of hydrogen-bond acceptors (Lipinski definition) is 6. The topological polar surface area (TPSA) is 78.9 Å². The quantitative estimate of drug-likeness (QED) is 0.406. The monoisotopic (exact) mass is 328 g/mol. The molecule has 0 radical (unpaired) electrons. The lowest BCUT2D eigenvalue weighted by molar-refractivity contribution is -0.141. The Hall–Kier alpha value is -2.37. The van der Waals surface area contributed by atoms with E-state index in [0.29, 0.717) is 13.2 Å². The normalized spacial score (nSPS) is 8.22. The molecule has 0 saturated heterocycles. The van der Waals surface area contributed by atoms with Crippen molar-refractivity contribution in [2.45, 2.75) is 40.2 Å². The molecule has 0 saturated carbocycles. The van der Waals surface area contributed by atoms with Gasteiger partial charge in [-0.3, -0.25) is 0 Å². The Bertz CT molecular complexity index is 371. The van der Waals surface area contributed by atoms with Crippen molar-refractivity contribution in [2.24, 2.45) is 0 Å². The van der Waals surface area contributed by atoms with Crippen LogP contribution in [0.5, 0.6) is 0 Å². The summed E-state index contributed by atoms with van der Waals surface area (Å²) in [5.41, 5.74) is 0. The van der Waals surface area contributed by atoms with Crippen LogP contribution in [-0.2, 0) is 28.6 Å². The molecule has 0 aromatic heterocycles. The van der Waals surface area contributed by atoms with E-state index < -0.39 is 0 Å². The minimum atomic E-state index is -0.361. The second-order valence-corrected chi connectivity index (χ2v) is 4.02. The first-order valence-corrected chi connectivity index (χ1v) is 7.20. The van der Waals surface area contributed by atoms with Crippen molar-refractivity contribution in [1.82, 2.24) is 0 Å². The van der Waals surface area contributed by atoms with E-state index in [1.807, 2.05) is 6.92 Å². The predicted octanol–water partition coefficient (Wildman–Crippen LogP) is 2.99. The van der Waals surface area contributed by atoms with E-state index >= 15 is 0 Å². The van der Waals surface area contributed by atoms with Crippen molar-refractivity contribution in [3.05, 3.63) is 38.0 Å². The summed E-state index contributed by atoms with van der Waals surface area (Å²) in [5.74, 6) is -1.06. The van der Waals surface area contributed by atoms with Gasteiger partial charge >= 0.3 is 17.9 Å². The van der Waals surface area contributed by atoms with Crippen LogP contribution in [0.4, 0.5) is 0 Å². The maximum absolute atomic E-state index is 10.3. The molecule has 0 N–H and O–H groups in total. The fraction of sp³-hybridized carbons (Fsp3) is 0.471. The molecular weight excluding hydrogens is 300 g/mol. The van der Waals surface area contributed by atoms with Gasteiger partial charge in [-0.15, -0.1) is 0 Å². The molecule has 0 aliphatic carbocycles. The molecule has 0 aliphatic rings. The van der Waals surface area contributed by atoms with E-state index in [0.717, 1.165) is 24.6 Å². The SMILES string of the molecule is C=CC(=O)OC(C)C.C=CC(=O)OCC.C=CC(=O)OCCC. The number of rotatable bonds is 7. The third kappa shape index (κ3) is 28.5. The Balaban J connectivity index is -0.000000262. The Morgan fingerprint density at radius 2 is 1.30 bits per heavy atom. The van der Waals surface area contributed by atoms with Gasteiger partial charge in [0.15, 0.2) is 0 Å². The largest absolute Gasteiger partial charge is 0.463 e. The standard InChI is InChI=1S/2C6H10O2.C5H8O2/c1-4-6(7)8-5(2)3;1-3-5-8-6(7)4-2;1-3-5(6)7-4-2/h4-5H,1H2,2-3H3;4H,2-3,5H2,1H3;3H,1,4H2,2H3. The molecule has 0 fully saturated rings. The van der Waals surface area contributed by atoms with E-state index in [4.69, 9.17) is 0 Å². The van der Waals surface area contributed by atoms with Gasteiger partial charge in [0.05, 0.1) is 19.3 Å². The second-order valence-electron chi connectivity index (χ2n) is 4.02. The fourth-order valence-electron chi connectivity index (χ4n) is 0.743. The molecule has 6 heteroatoms. The molecule has 0 spiro atoms. The van der Waals surface area contributed by atoms with Gasteiger partial charge < -0.3 is 14.2 Å². The minimum Gasteiger partial charge on any atom is -0.463 e. The van der Waals surface area contributed by atoms with Gasteiger partial charge in [0, 0.05) is 18.2 Å². The van der Waals surface area contributed by atoms with Crippen molar-refractivity contribution in [3.8, 4) is 0 Å². The third-order valence-corrected chi connectivity index (χ3v) is 1.59. The van der Waals surface area contributed by atoms with Crippen molar-refractivity contribution in [2.75, 3.05) is 13.2 Å². The van der Waals surface area contributed by atoms with Crippen LogP contribution in [0.2, 0.25) is 0 Å². The maximum Gasteiger partial charge on any atom is 0.330 e. The Labute approximate surface area is 138 Å². The summed E-state index contributed by atoms with van der Waals surface area (Å²) in [6.07, 6.45) is 4.28. The van der Waals surface area contributed by atoms with Crippen molar-refractivity contribution in [1.29, 1.82) is 0 Å². The maximum atomic E-state index is 10.3. The van der Waals surface area contributed by atoms with Crippen molar-refractivity contribution < 1.29 is 28.6 Å². The van der Waals surface area contributed by atoms with Gasteiger partial charge in [-0.25, -0.2) is 14.4 Å². The zero-order chi connectivity index (χ0) is 18.7. The molecule has 0 heterocycles. The number of ether oxygens (including phenoxy) is 3. The highest BCUT2D eigenvalue weighted by molar-refractivity contribution is 5.81. The summed E-state index contributed by atoms with van der Waals surface area (Å²) in [7, 11) is 0. The molecule has 0 atom stereocenters. The highest BCUT2D eigenvalue weighted by Crippen LogP contribution is 1.87. The lowest BCUT2D eigenvalue weighted by atomic mass is 10.5. The first kappa shape index (κ1) is 25.6. The summed E-state index contributed by atoms with van der Waals surface area (Å²) >= 11 is 0. The van der Waals surface area contributed by atoms with Gasteiger partial charge in [-0.1, -0.05) is 26.7 Å². The number of carbonyl (C=O) groups is 3. The number of hydrogen-bond donors (Lipinski definition) is 0. The summed E-state index contributed by atoms with van der Waals surface area (Å²) in [6.45, 7) is 17.9. The molecule has 23 heavy (non-hydrogen) atoms. The van der Waals surface area contributed by atoms with Gasteiger partial charge in [0.1, 0.15) is 0 Å². The van der Waals surface area contributed by atoms with E-state index in [2.05, 4.69) is 33.9 Å². The average molecular weight is 328 g/mol. The molecule has 0 amide bonds. The van der Waals surface area contributed by atoms with Crippen LogP contribution < -0.4 is 0 Å². The van der Waals surface area contributed by atoms with Crippen LogP contribution >= 0.6 is 0 Å². The summed E-state index contributed by atoms with van der Waals surface area (Å²) in [4.78, 5) is 30.6. The Morgan fingerprint density at radius 3 is 1.52 bits per heavy atom. The van der Waals surface area contributed by atoms with E-state index in [9.17, 15) is 14.4 Å². The second kappa shape index (κ2) is 19.6. The molecule has 6 nitrogen and oxygen atoms in total. The molecule has 0 bridgehead atoms. The Kier molecular flexibility index (Phi) is 21.8. The zero-order valence-corrected chi connectivity index (χ0v) is 14.5. The lowest BCUT2D eigenvalue weighted by Gasteiger charge is -2.02. The van der Waals surface area contributed by atoms with E-state index in [-0.39, 0.29) is 24.0 Å². The van der Waals surface area contributed by atoms with Crippen LogP contribution in [0.3, 0.4) is 0 Å². The highest BCUT2D eigenvalue weighted by Gasteiger charge is 1.96. The molecule has 0 aromatic rings. The van der Waals surface area contributed by atoms with Crippen LogP contribution in [0.15, 0.2) is 38.0 Å². The smallest absolute Gasteiger partial charge is 0.330 e. The molecule has 0 unspecified atom stereocenters. The van der Waals surface area contributed by atoms with Gasteiger partial charge in [0.2, 0.25) is 0 Å². The van der Waals surface area contributed by atoms with Gasteiger partial charge in [-0.05, 0) is 27.2 Å². The summed E-state index contributed by atoms with van der Waals surface area (Å²) in [6, 6.07) is 0. The zero-order valence-electron chi connectivity index (χ0n) is 14.5. The highest BCUT2D eigenvalue weighted by atomic mass is 16.5. The fourth-order valence-corrected chi connectivity index (χ4v) is 0.743. The van der Waals surface area contributed by atoms with Crippen LogP contribution in [-0.4, -0.2) is 37.2 Å². The Morgan fingerprint density at radius 1 is 0.870 bits per heavy atom. The molecule has 0 rings (SSSR count). The van der Waals surface area contributed by atoms with E-state index in [1.54, 1.807) is 20.8 Å².